The molecule has 0 atom stereocenters. The second-order valence-corrected chi connectivity index (χ2v) is 4.51. The van der Waals surface area contributed by atoms with Gasteiger partial charge in [-0.05, 0) is 38.0 Å². The fourth-order valence-corrected chi connectivity index (χ4v) is 1.57. The lowest BCUT2D eigenvalue weighted by Crippen LogP contribution is -1.98. The van der Waals surface area contributed by atoms with Crippen LogP contribution in [0.3, 0.4) is 0 Å². The van der Waals surface area contributed by atoms with Crippen molar-refractivity contribution in [1.29, 1.82) is 0 Å². The minimum Gasteiger partial charge on any atom is -0.463 e. The van der Waals surface area contributed by atoms with Crippen LogP contribution in [0.2, 0.25) is 0 Å². The number of hydrogen-bond donors (Lipinski definition) is 0. The maximum Gasteiger partial charge on any atom is 0.330 e. The second kappa shape index (κ2) is 11.5. The van der Waals surface area contributed by atoms with Gasteiger partial charge in [0, 0.05) is 6.08 Å². The summed E-state index contributed by atoms with van der Waals surface area (Å²) < 4.78 is 4.74. The van der Waals surface area contributed by atoms with Crippen LogP contribution < -0.4 is 0 Å². The van der Waals surface area contributed by atoms with Gasteiger partial charge in [0.25, 0.3) is 0 Å². The van der Waals surface area contributed by atoms with E-state index in [2.05, 4.69) is 0 Å². The lowest BCUT2D eigenvalue weighted by molar-refractivity contribution is -0.137. The zero-order chi connectivity index (χ0) is 12.9. The van der Waals surface area contributed by atoms with Crippen molar-refractivity contribution in [1.82, 2.24) is 0 Å². The molecule has 0 amide bonds. The van der Waals surface area contributed by atoms with Crippen molar-refractivity contribution in [2.45, 2.75) is 33.1 Å². The lowest BCUT2D eigenvalue weighted by Gasteiger charge is -1.94. The van der Waals surface area contributed by atoms with Crippen LogP contribution in [0, 0.1) is 0 Å². The molecule has 0 aromatic heterocycles. The van der Waals surface area contributed by atoms with Gasteiger partial charge in [-0.3, -0.25) is 4.79 Å². The van der Waals surface area contributed by atoms with E-state index in [1.165, 1.54) is 17.8 Å². The molecule has 0 saturated heterocycles. The summed E-state index contributed by atoms with van der Waals surface area (Å²) in [5.74, 6) is 0.517. The van der Waals surface area contributed by atoms with Crippen molar-refractivity contribution in [2.24, 2.45) is 0 Å². The SMILES string of the molecule is CCOC(=O)/C=C/CCC/C=C/C(=O)SCC. The van der Waals surface area contributed by atoms with Crippen LogP contribution in [-0.4, -0.2) is 23.4 Å². The first-order chi connectivity index (χ1) is 8.20. The molecule has 0 heterocycles. The Kier molecular flexibility index (Phi) is 10.8. The third kappa shape index (κ3) is 11.2. The van der Waals surface area contributed by atoms with E-state index < -0.39 is 0 Å². The van der Waals surface area contributed by atoms with E-state index in [1.54, 1.807) is 19.1 Å². The molecule has 0 N–H and O–H groups in total. The quantitative estimate of drug-likeness (QED) is 0.380. The summed E-state index contributed by atoms with van der Waals surface area (Å²) in [5.41, 5.74) is 0. The number of allylic oxidation sites excluding steroid dienone is 2. The Bertz CT molecular complexity index is 254. The molecule has 0 spiro atoms. The summed E-state index contributed by atoms with van der Waals surface area (Å²) in [6.07, 6.45) is 9.34. The Morgan fingerprint density at radius 1 is 1.12 bits per heavy atom. The predicted octanol–water partition coefficient (Wildman–Crippen LogP) is 3.11. The van der Waals surface area contributed by atoms with E-state index in [4.69, 9.17) is 4.74 Å². The molecule has 96 valence electrons. The second-order valence-electron chi connectivity index (χ2n) is 3.24. The van der Waals surface area contributed by atoms with Gasteiger partial charge in [0.2, 0.25) is 5.12 Å². The molecule has 0 fully saturated rings. The first-order valence-electron chi connectivity index (χ1n) is 5.87. The monoisotopic (exact) mass is 256 g/mol. The summed E-state index contributed by atoms with van der Waals surface area (Å²) in [6.45, 7) is 4.14. The van der Waals surface area contributed by atoms with Gasteiger partial charge in [-0.25, -0.2) is 4.79 Å². The minimum atomic E-state index is -0.294. The molecule has 3 nitrogen and oxygen atoms in total. The van der Waals surface area contributed by atoms with E-state index in [0.717, 1.165) is 25.0 Å². The number of carbonyl (C=O) groups is 2. The maximum absolute atomic E-state index is 11.1. The van der Waals surface area contributed by atoms with Crippen molar-refractivity contribution >= 4 is 22.8 Å². The standard InChI is InChI=1S/C13H20O3S/c1-3-16-12(14)10-8-6-5-7-9-11-13(15)17-4-2/h8-11H,3-7H2,1-2H3/b10-8+,11-9+. The number of ether oxygens (including phenoxy) is 1. The highest BCUT2D eigenvalue weighted by Crippen LogP contribution is 2.04. The number of rotatable bonds is 8. The number of carbonyl (C=O) groups excluding carboxylic acids is 2. The highest BCUT2D eigenvalue weighted by molar-refractivity contribution is 8.14. The minimum absolute atomic E-state index is 0.106. The summed E-state index contributed by atoms with van der Waals surface area (Å²) in [4.78, 5) is 22.0. The van der Waals surface area contributed by atoms with Gasteiger partial charge >= 0.3 is 5.97 Å². The van der Waals surface area contributed by atoms with Crippen LogP contribution in [-0.2, 0) is 14.3 Å². The lowest BCUT2D eigenvalue weighted by atomic mass is 10.2. The molecule has 0 radical (unpaired) electrons. The zero-order valence-corrected chi connectivity index (χ0v) is 11.3. The molecule has 0 aliphatic carbocycles. The van der Waals surface area contributed by atoms with Gasteiger partial charge in [-0.2, -0.15) is 0 Å². The smallest absolute Gasteiger partial charge is 0.330 e. The molecule has 0 aliphatic rings. The summed E-state index contributed by atoms with van der Waals surface area (Å²) in [7, 11) is 0. The highest BCUT2D eigenvalue weighted by atomic mass is 32.2. The summed E-state index contributed by atoms with van der Waals surface area (Å²) in [6, 6.07) is 0. The molecule has 0 aromatic rings. The average molecular weight is 256 g/mol. The molecule has 0 bridgehead atoms. The van der Waals surface area contributed by atoms with Gasteiger partial charge < -0.3 is 4.74 Å². The molecular weight excluding hydrogens is 236 g/mol. The van der Waals surface area contributed by atoms with Crippen LogP contribution in [0.1, 0.15) is 33.1 Å². The fourth-order valence-electron chi connectivity index (χ4n) is 1.09. The summed E-state index contributed by atoms with van der Waals surface area (Å²) in [5, 5.41) is 0.106. The van der Waals surface area contributed by atoms with Crippen LogP contribution in [0.5, 0.6) is 0 Å². The molecule has 0 aromatic carbocycles. The molecule has 0 unspecified atom stereocenters. The van der Waals surface area contributed by atoms with Crippen LogP contribution in [0.15, 0.2) is 24.3 Å². The molecule has 0 aliphatic heterocycles. The van der Waals surface area contributed by atoms with E-state index in [9.17, 15) is 9.59 Å². The average Bonchev–Trinajstić information content (AvgIpc) is 2.28. The van der Waals surface area contributed by atoms with E-state index >= 15 is 0 Å². The van der Waals surface area contributed by atoms with Crippen molar-refractivity contribution in [3.05, 3.63) is 24.3 Å². The Morgan fingerprint density at radius 3 is 2.35 bits per heavy atom. The van der Waals surface area contributed by atoms with Gasteiger partial charge in [-0.1, -0.05) is 30.8 Å². The van der Waals surface area contributed by atoms with Crippen molar-refractivity contribution < 1.29 is 14.3 Å². The van der Waals surface area contributed by atoms with Crippen LogP contribution >= 0.6 is 11.8 Å². The van der Waals surface area contributed by atoms with Gasteiger partial charge in [0.15, 0.2) is 0 Å². The molecule has 0 saturated carbocycles. The van der Waals surface area contributed by atoms with Crippen molar-refractivity contribution in [3.8, 4) is 0 Å². The van der Waals surface area contributed by atoms with E-state index in [1.807, 2.05) is 13.0 Å². The van der Waals surface area contributed by atoms with Crippen molar-refractivity contribution in [3.63, 3.8) is 0 Å². The van der Waals surface area contributed by atoms with Gasteiger partial charge in [-0.15, -0.1) is 0 Å². The largest absolute Gasteiger partial charge is 0.463 e. The van der Waals surface area contributed by atoms with Crippen LogP contribution in [0.25, 0.3) is 0 Å². The van der Waals surface area contributed by atoms with E-state index in [-0.39, 0.29) is 11.1 Å². The third-order valence-electron chi connectivity index (χ3n) is 1.82. The Hall–Kier alpha value is -1.03. The Balaban J connectivity index is 3.52. The Morgan fingerprint density at radius 2 is 1.76 bits per heavy atom. The normalized spacial score (nSPS) is 11.2. The summed E-state index contributed by atoms with van der Waals surface area (Å²) >= 11 is 1.31. The van der Waals surface area contributed by atoms with E-state index in [0.29, 0.717) is 6.61 Å². The van der Waals surface area contributed by atoms with Crippen LogP contribution in [0.4, 0.5) is 0 Å². The number of hydrogen-bond acceptors (Lipinski definition) is 4. The number of thioether (sulfide) groups is 1. The number of unbranched alkanes of at least 4 members (excludes halogenated alkanes) is 2. The Labute approximate surface area is 107 Å². The predicted molar refractivity (Wildman–Crippen MR) is 71.9 cm³/mol. The highest BCUT2D eigenvalue weighted by Gasteiger charge is 1.93. The van der Waals surface area contributed by atoms with Crippen molar-refractivity contribution in [2.75, 3.05) is 12.4 Å². The first-order valence-corrected chi connectivity index (χ1v) is 6.85. The topological polar surface area (TPSA) is 43.4 Å². The van der Waals surface area contributed by atoms with Gasteiger partial charge in [0.1, 0.15) is 0 Å². The molecule has 17 heavy (non-hydrogen) atoms. The maximum atomic E-state index is 11.1. The first kappa shape index (κ1) is 16.0. The molecule has 4 heteroatoms. The third-order valence-corrected chi connectivity index (χ3v) is 2.53. The van der Waals surface area contributed by atoms with Gasteiger partial charge in [0.05, 0.1) is 6.61 Å². The zero-order valence-electron chi connectivity index (χ0n) is 10.5. The number of esters is 1. The molecular formula is C13H20O3S. The fraction of sp³-hybridized carbons (Fsp3) is 0.538. The molecule has 0 rings (SSSR count).